The minimum atomic E-state index is 0.0711. The predicted octanol–water partition coefficient (Wildman–Crippen LogP) is 6.63. The van der Waals surface area contributed by atoms with Gasteiger partial charge in [-0.05, 0) is 85.0 Å². The van der Waals surface area contributed by atoms with Gasteiger partial charge in [0.15, 0.2) is 0 Å². The molecule has 192 valence electrons. The molecule has 3 aromatic carbocycles. The Morgan fingerprint density at radius 3 is 2.57 bits per heavy atom. The fourth-order valence-corrected chi connectivity index (χ4v) is 5.62. The van der Waals surface area contributed by atoms with E-state index in [1.807, 2.05) is 31.3 Å². The third-order valence-corrected chi connectivity index (χ3v) is 7.96. The molecular formula is C31H37N5O. The van der Waals surface area contributed by atoms with Gasteiger partial charge in [-0.25, -0.2) is 5.53 Å². The van der Waals surface area contributed by atoms with E-state index in [0.717, 1.165) is 37.2 Å². The van der Waals surface area contributed by atoms with Crippen LogP contribution in [0.1, 0.15) is 55.4 Å². The molecule has 1 aliphatic carbocycles. The van der Waals surface area contributed by atoms with Gasteiger partial charge in [-0.3, -0.25) is 9.69 Å². The maximum atomic E-state index is 13.0. The van der Waals surface area contributed by atoms with Crippen LogP contribution in [-0.4, -0.2) is 29.9 Å². The monoisotopic (exact) mass is 495 g/mol. The Kier molecular flexibility index (Phi) is 6.86. The largest absolute Gasteiger partial charge is 0.386 e. The predicted molar refractivity (Wildman–Crippen MR) is 149 cm³/mol. The van der Waals surface area contributed by atoms with Gasteiger partial charge in [0.25, 0.3) is 0 Å². The van der Waals surface area contributed by atoms with E-state index in [1.165, 1.54) is 27.8 Å². The summed E-state index contributed by atoms with van der Waals surface area (Å²) in [4.78, 5) is 15.5. The van der Waals surface area contributed by atoms with Crippen molar-refractivity contribution >= 4 is 17.3 Å². The molecule has 1 fully saturated rings. The van der Waals surface area contributed by atoms with Crippen LogP contribution in [0.25, 0.3) is 11.1 Å². The summed E-state index contributed by atoms with van der Waals surface area (Å²) in [5.41, 5.74) is 16.5. The van der Waals surface area contributed by atoms with E-state index in [-0.39, 0.29) is 17.4 Å². The van der Waals surface area contributed by atoms with Crippen LogP contribution >= 0.6 is 0 Å². The van der Waals surface area contributed by atoms with Crippen LogP contribution in [0, 0.1) is 11.4 Å². The molecule has 0 aromatic heterocycles. The lowest BCUT2D eigenvalue weighted by atomic mass is 9.86. The highest BCUT2D eigenvalue weighted by Crippen LogP contribution is 2.47. The van der Waals surface area contributed by atoms with E-state index in [2.05, 4.69) is 77.8 Å². The summed E-state index contributed by atoms with van der Waals surface area (Å²) in [5, 5.41) is 10.1. The maximum absolute atomic E-state index is 13.0. The van der Waals surface area contributed by atoms with Crippen molar-refractivity contribution in [1.82, 2.24) is 10.2 Å². The van der Waals surface area contributed by atoms with E-state index in [0.29, 0.717) is 18.2 Å². The second kappa shape index (κ2) is 10.1. The van der Waals surface area contributed by atoms with E-state index < -0.39 is 0 Å². The number of nitrogens with one attached hydrogen (secondary N) is 3. The molecule has 0 saturated heterocycles. The van der Waals surface area contributed by atoms with Crippen molar-refractivity contribution in [3.8, 4) is 11.1 Å². The average Bonchev–Trinajstić information content (AvgIpc) is 3.72. The van der Waals surface area contributed by atoms with E-state index >= 15 is 0 Å². The van der Waals surface area contributed by atoms with Crippen LogP contribution < -0.4 is 10.6 Å². The van der Waals surface area contributed by atoms with Crippen molar-refractivity contribution in [2.75, 3.05) is 18.9 Å². The molecule has 3 N–H and O–H groups in total. The summed E-state index contributed by atoms with van der Waals surface area (Å²) in [7, 11) is 1.86. The average molecular weight is 496 g/mol. The lowest BCUT2D eigenvalue weighted by molar-refractivity contribution is -0.122. The van der Waals surface area contributed by atoms with Crippen molar-refractivity contribution in [3.63, 3.8) is 0 Å². The minimum Gasteiger partial charge on any atom is -0.386 e. The maximum Gasteiger partial charge on any atom is 0.224 e. The SMILES string of the molecule is CNc1cc(-c2ccc(CNC(=O)C3CC3c3ccccc3)c3c2CCN(C(C)(C)C)C3)ccc1N=N. The zero-order valence-corrected chi connectivity index (χ0v) is 22.3. The lowest BCUT2D eigenvalue weighted by Gasteiger charge is -2.40. The fourth-order valence-electron chi connectivity index (χ4n) is 5.62. The smallest absolute Gasteiger partial charge is 0.224 e. The Bertz CT molecular complexity index is 1310. The summed E-state index contributed by atoms with van der Waals surface area (Å²) in [6.07, 6.45) is 1.89. The molecule has 1 amide bonds. The van der Waals surface area contributed by atoms with Gasteiger partial charge < -0.3 is 10.6 Å². The van der Waals surface area contributed by atoms with E-state index in [1.54, 1.807) is 0 Å². The van der Waals surface area contributed by atoms with Gasteiger partial charge >= 0.3 is 0 Å². The first-order chi connectivity index (χ1) is 17.8. The fraction of sp³-hybridized carbons (Fsp3) is 0.387. The van der Waals surface area contributed by atoms with Crippen LogP contribution in [0.4, 0.5) is 11.4 Å². The highest BCUT2D eigenvalue weighted by molar-refractivity contribution is 5.83. The lowest BCUT2D eigenvalue weighted by Crippen LogP contribution is -2.44. The highest BCUT2D eigenvalue weighted by Gasteiger charge is 2.43. The zero-order valence-electron chi connectivity index (χ0n) is 22.3. The van der Waals surface area contributed by atoms with Crippen molar-refractivity contribution in [1.29, 1.82) is 5.53 Å². The number of benzene rings is 3. The first-order valence-corrected chi connectivity index (χ1v) is 13.2. The molecule has 2 unspecified atom stereocenters. The Labute approximate surface area is 220 Å². The second-order valence-corrected chi connectivity index (χ2v) is 11.2. The van der Waals surface area contributed by atoms with Gasteiger partial charge in [0.05, 0.1) is 5.69 Å². The molecule has 6 heteroatoms. The summed E-state index contributed by atoms with van der Waals surface area (Å²) >= 11 is 0. The number of hydrogen-bond acceptors (Lipinski definition) is 5. The van der Waals surface area contributed by atoms with Gasteiger partial charge in [0.1, 0.15) is 5.69 Å². The molecule has 0 spiro atoms. The molecular weight excluding hydrogens is 458 g/mol. The number of carbonyl (C=O) groups excluding carboxylic acids is 1. The number of anilines is 1. The Hall–Kier alpha value is -3.51. The Morgan fingerprint density at radius 1 is 1.08 bits per heavy atom. The van der Waals surface area contributed by atoms with Crippen molar-refractivity contribution in [2.24, 2.45) is 11.0 Å². The summed E-state index contributed by atoms with van der Waals surface area (Å²) in [6.45, 7) is 9.22. The zero-order chi connectivity index (χ0) is 26.2. The molecule has 37 heavy (non-hydrogen) atoms. The molecule has 0 bridgehead atoms. The van der Waals surface area contributed by atoms with Crippen LogP contribution in [-0.2, 0) is 24.3 Å². The van der Waals surface area contributed by atoms with Gasteiger partial charge in [-0.1, -0.05) is 48.5 Å². The third-order valence-electron chi connectivity index (χ3n) is 7.96. The van der Waals surface area contributed by atoms with Gasteiger partial charge in [0.2, 0.25) is 5.91 Å². The van der Waals surface area contributed by atoms with E-state index in [4.69, 9.17) is 5.53 Å². The topological polar surface area (TPSA) is 80.6 Å². The van der Waals surface area contributed by atoms with Crippen LogP contribution in [0.15, 0.2) is 65.8 Å². The second-order valence-electron chi connectivity index (χ2n) is 11.2. The first-order valence-electron chi connectivity index (χ1n) is 13.2. The standard InChI is InChI=1S/C31H37N5O/c1-31(2,3)36-15-14-24-23(21-11-13-28(35-32)29(16-21)33-4)12-10-22(27(24)19-36)18-34-30(37)26-17-25(26)20-8-6-5-7-9-20/h5-13,16,25-26,32-33H,14-15,17-19H2,1-4H3,(H,34,37). The molecule has 3 aromatic rings. The number of carbonyl (C=O) groups is 1. The molecule has 6 nitrogen and oxygen atoms in total. The summed E-state index contributed by atoms with van der Waals surface area (Å²) in [6, 6.07) is 20.8. The number of amides is 1. The van der Waals surface area contributed by atoms with Gasteiger partial charge in [0, 0.05) is 38.1 Å². The molecule has 1 aliphatic heterocycles. The summed E-state index contributed by atoms with van der Waals surface area (Å²) in [5.74, 6) is 0.571. The normalized spacial score (nSPS) is 19.1. The van der Waals surface area contributed by atoms with Crippen LogP contribution in [0.2, 0.25) is 0 Å². The summed E-state index contributed by atoms with van der Waals surface area (Å²) < 4.78 is 0. The molecule has 1 saturated carbocycles. The van der Waals surface area contributed by atoms with E-state index in [9.17, 15) is 4.79 Å². The third kappa shape index (κ3) is 5.16. The van der Waals surface area contributed by atoms with Gasteiger partial charge in [-0.2, -0.15) is 5.11 Å². The van der Waals surface area contributed by atoms with Crippen LogP contribution in [0.5, 0.6) is 0 Å². The van der Waals surface area contributed by atoms with Crippen molar-refractivity contribution < 1.29 is 4.79 Å². The number of rotatable bonds is 7. The quantitative estimate of drug-likeness (QED) is 0.322. The van der Waals surface area contributed by atoms with Gasteiger partial charge in [-0.15, -0.1) is 0 Å². The van der Waals surface area contributed by atoms with Crippen molar-refractivity contribution in [2.45, 2.75) is 58.2 Å². The Morgan fingerprint density at radius 2 is 1.86 bits per heavy atom. The number of hydrogen-bond donors (Lipinski definition) is 3. The highest BCUT2D eigenvalue weighted by atomic mass is 16.2. The molecule has 5 rings (SSSR count). The molecule has 0 radical (unpaired) electrons. The molecule has 2 aliphatic rings. The minimum absolute atomic E-state index is 0.0711. The van der Waals surface area contributed by atoms with Crippen LogP contribution in [0.3, 0.4) is 0 Å². The Balaban J connectivity index is 1.41. The molecule has 2 atom stereocenters. The number of fused-ring (bicyclic) bond motifs is 1. The number of nitrogens with zero attached hydrogens (tertiary/aromatic N) is 2. The molecule has 1 heterocycles. The van der Waals surface area contributed by atoms with Crippen molar-refractivity contribution in [3.05, 3.63) is 82.9 Å². The first kappa shape index (κ1) is 25.2.